The van der Waals surface area contributed by atoms with Crippen molar-refractivity contribution in [2.75, 3.05) is 11.4 Å². The van der Waals surface area contributed by atoms with E-state index in [9.17, 15) is 4.79 Å². The lowest BCUT2D eigenvalue weighted by atomic mass is 10.1. The zero-order valence-electron chi connectivity index (χ0n) is 17.2. The number of benzene rings is 2. The van der Waals surface area contributed by atoms with Gasteiger partial charge in [0.2, 0.25) is 17.6 Å². The van der Waals surface area contributed by atoms with Gasteiger partial charge < -0.3 is 14.2 Å². The van der Waals surface area contributed by atoms with Crippen LogP contribution in [0.25, 0.3) is 11.4 Å². The van der Waals surface area contributed by atoms with Crippen molar-refractivity contribution in [3.8, 4) is 17.1 Å². The van der Waals surface area contributed by atoms with E-state index < -0.39 is 0 Å². The number of hydrogen-bond acceptors (Lipinski definition) is 5. The van der Waals surface area contributed by atoms with Crippen molar-refractivity contribution in [1.82, 2.24) is 10.1 Å². The molecular weight excluding hydrogens is 366 g/mol. The van der Waals surface area contributed by atoms with Crippen molar-refractivity contribution < 1.29 is 14.1 Å². The normalized spacial score (nSPS) is 16.7. The number of anilines is 1. The van der Waals surface area contributed by atoms with E-state index in [1.165, 1.54) is 5.56 Å². The maximum Gasteiger partial charge on any atom is 0.232 e. The molecule has 0 saturated carbocycles. The molecule has 0 spiro atoms. The van der Waals surface area contributed by atoms with Crippen LogP contribution in [-0.2, 0) is 4.79 Å². The second kappa shape index (κ2) is 7.70. The van der Waals surface area contributed by atoms with Gasteiger partial charge in [-0.05, 0) is 69.2 Å². The summed E-state index contributed by atoms with van der Waals surface area (Å²) in [6.07, 6.45) is 0.494. The predicted molar refractivity (Wildman–Crippen MR) is 111 cm³/mol. The highest BCUT2D eigenvalue weighted by Crippen LogP contribution is 2.34. The molecule has 1 atom stereocenters. The zero-order chi connectivity index (χ0) is 20.5. The number of aryl methyl sites for hydroxylation is 1. The van der Waals surface area contributed by atoms with Gasteiger partial charge in [-0.25, -0.2) is 0 Å². The van der Waals surface area contributed by atoms with Crippen LogP contribution in [0.4, 0.5) is 5.69 Å². The van der Waals surface area contributed by atoms with Crippen molar-refractivity contribution in [3.05, 3.63) is 59.5 Å². The second-order valence-corrected chi connectivity index (χ2v) is 7.77. The van der Waals surface area contributed by atoms with E-state index in [4.69, 9.17) is 9.26 Å². The van der Waals surface area contributed by atoms with Crippen LogP contribution in [0.2, 0.25) is 0 Å². The Morgan fingerprint density at radius 1 is 1.14 bits per heavy atom. The monoisotopic (exact) mass is 391 g/mol. The van der Waals surface area contributed by atoms with E-state index in [0.717, 1.165) is 22.6 Å². The first-order valence-corrected chi connectivity index (χ1v) is 9.89. The fourth-order valence-corrected chi connectivity index (χ4v) is 3.61. The van der Waals surface area contributed by atoms with Crippen LogP contribution in [0.5, 0.6) is 5.75 Å². The van der Waals surface area contributed by atoms with Crippen LogP contribution in [0.15, 0.2) is 47.0 Å². The number of amides is 1. The van der Waals surface area contributed by atoms with E-state index in [0.29, 0.717) is 24.7 Å². The van der Waals surface area contributed by atoms with E-state index in [1.807, 2.05) is 62.1 Å². The molecule has 0 bridgehead atoms. The number of hydrogen-bond donors (Lipinski definition) is 0. The van der Waals surface area contributed by atoms with Crippen molar-refractivity contribution in [2.45, 2.75) is 46.1 Å². The van der Waals surface area contributed by atoms with Crippen molar-refractivity contribution in [1.29, 1.82) is 0 Å². The maximum absolute atomic E-state index is 12.6. The average molecular weight is 391 g/mol. The lowest BCUT2D eigenvalue weighted by Gasteiger charge is -2.19. The third-order valence-corrected chi connectivity index (χ3v) is 5.27. The smallest absolute Gasteiger partial charge is 0.232 e. The second-order valence-electron chi connectivity index (χ2n) is 7.77. The molecule has 1 saturated heterocycles. The number of aromatic nitrogens is 2. The van der Waals surface area contributed by atoms with E-state index >= 15 is 0 Å². The SMILES string of the molecule is Cc1cccc(N2CC(c3nc(-c4ccc(OC(C)C)cc4)no3)CC2=O)c1C. The van der Waals surface area contributed by atoms with Gasteiger partial charge in [0.05, 0.1) is 12.0 Å². The summed E-state index contributed by atoms with van der Waals surface area (Å²) < 4.78 is 11.2. The summed E-state index contributed by atoms with van der Waals surface area (Å²) in [5.41, 5.74) is 4.10. The third kappa shape index (κ3) is 3.88. The van der Waals surface area contributed by atoms with Crippen LogP contribution >= 0.6 is 0 Å². The lowest BCUT2D eigenvalue weighted by Crippen LogP contribution is -2.25. The minimum absolute atomic E-state index is 0.0821. The average Bonchev–Trinajstić information content (AvgIpc) is 3.31. The van der Waals surface area contributed by atoms with E-state index in [1.54, 1.807) is 0 Å². The molecular formula is C23H25N3O3. The Hall–Kier alpha value is -3.15. The number of rotatable bonds is 5. The van der Waals surface area contributed by atoms with Crippen LogP contribution in [-0.4, -0.2) is 28.7 Å². The molecule has 29 heavy (non-hydrogen) atoms. The van der Waals surface area contributed by atoms with Gasteiger partial charge in [-0.3, -0.25) is 4.79 Å². The van der Waals surface area contributed by atoms with Crippen LogP contribution in [0.3, 0.4) is 0 Å². The largest absolute Gasteiger partial charge is 0.491 e. The Bertz CT molecular complexity index is 1020. The van der Waals surface area contributed by atoms with Crippen LogP contribution in [0, 0.1) is 13.8 Å². The molecule has 2 aromatic carbocycles. The molecule has 1 aliphatic heterocycles. The fraction of sp³-hybridized carbons (Fsp3) is 0.348. The highest BCUT2D eigenvalue weighted by molar-refractivity contribution is 5.97. The molecule has 1 aliphatic rings. The topological polar surface area (TPSA) is 68.5 Å². The van der Waals surface area contributed by atoms with Gasteiger partial charge in [-0.1, -0.05) is 17.3 Å². The molecule has 1 amide bonds. The fourth-order valence-electron chi connectivity index (χ4n) is 3.61. The summed E-state index contributed by atoms with van der Waals surface area (Å²) in [5, 5.41) is 4.12. The molecule has 2 heterocycles. The zero-order valence-corrected chi connectivity index (χ0v) is 17.2. The Labute approximate surface area is 170 Å². The van der Waals surface area contributed by atoms with Gasteiger partial charge in [0, 0.05) is 24.2 Å². The van der Waals surface area contributed by atoms with Crippen molar-refractivity contribution in [2.24, 2.45) is 0 Å². The van der Waals surface area contributed by atoms with Crippen LogP contribution < -0.4 is 9.64 Å². The number of ether oxygens (including phenoxy) is 1. The molecule has 0 aliphatic carbocycles. The van der Waals surface area contributed by atoms with Gasteiger partial charge in [0.25, 0.3) is 0 Å². The van der Waals surface area contributed by atoms with Crippen molar-refractivity contribution in [3.63, 3.8) is 0 Å². The summed E-state index contributed by atoms with van der Waals surface area (Å²) in [6.45, 7) is 8.63. The van der Waals surface area contributed by atoms with Gasteiger partial charge in [0.1, 0.15) is 5.75 Å². The molecule has 6 nitrogen and oxygen atoms in total. The Morgan fingerprint density at radius 2 is 1.90 bits per heavy atom. The Kier molecular flexibility index (Phi) is 5.09. The molecule has 0 N–H and O–H groups in total. The minimum atomic E-state index is -0.104. The minimum Gasteiger partial charge on any atom is -0.491 e. The first-order valence-electron chi connectivity index (χ1n) is 9.89. The van der Waals surface area contributed by atoms with Gasteiger partial charge in [-0.2, -0.15) is 4.98 Å². The summed E-state index contributed by atoms with van der Waals surface area (Å²) >= 11 is 0. The summed E-state index contributed by atoms with van der Waals surface area (Å²) in [5.74, 6) is 1.81. The lowest BCUT2D eigenvalue weighted by molar-refractivity contribution is -0.117. The summed E-state index contributed by atoms with van der Waals surface area (Å²) in [6, 6.07) is 13.6. The molecule has 1 unspecified atom stereocenters. The van der Waals surface area contributed by atoms with E-state index in [-0.39, 0.29) is 17.9 Å². The number of nitrogens with zero attached hydrogens (tertiary/aromatic N) is 3. The molecule has 150 valence electrons. The molecule has 1 fully saturated rings. The predicted octanol–water partition coefficient (Wildman–Crippen LogP) is 4.66. The molecule has 3 aromatic rings. The quantitative estimate of drug-likeness (QED) is 0.633. The Morgan fingerprint density at radius 3 is 2.62 bits per heavy atom. The van der Waals surface area contributed by atoms with E-state index in [2.05, 4.69) is 23.1 Å². The summed E-state index contributed by atoms with van der Waals surface area (Å²) in [7, 11) is 0. The highest BCUT2D eigenvalue weighted by atomic mass is 16.5. The van der Waals surface area contributed by atoms with Gasteiger partial charge in [0.15, 0.2) is 0 Å². The van der Waals surface area contributed by atoms with Gasteiger partial charge >= 0.3 is 0 Å². The highest BCUT2D eigenvalue weighted by Gasteiger charge is 2.35. The standard InChI is InChI=1S/C23H25N3O3/c1-14(2)28-19-10-8-17(9-11-19)22-24-23(29-25-22)18-12-21(27)26(13-18)20-7-5-6-15(3)16(20)4/h5-11,14,18H,12-13H2,1-4H3. The maximum atomic E-state index is 12.6. The Balaban J connectivity index is 1.51. The first kappa shape index (κ1) is 19.2. The first-order chi connectivity index (χ1) is 13.9. The molecule has 6 heteroatoms. The van der Waals surface area contributed by atoms with Crippen LogP contribution in [0.1, 0.15) is 43.2 Å². The molecule has 0 radical (unpaired) electrons. The number of carbonyl (C=O) groups is 1. The number of carbonyl (C=O) groups excluding carboxylic acids is 1. The molecule has 4 rings (SSSR count). The third-order valence-electron chi connectivity index (χ3n) is 5.27. The van der Waals surface area contributed by atoms with Crippen molar-refractivity contribution >= 4 is 11.6 Å². The van der Waals surface area contributed by atoms with Gasteiger partial charge in [-0.15, -0.1) is 0 Å². The molecule has 1 aromatic heterocycles. The summed E-state index contributed by atoms with van der Waals surface area (Å²) in [4.78, 5) is 19.0.